The smallest absolute Gasteiger partial charge is 0.123 e. The zero-order valence-electron chi connectivity index (χ0n) is 11.7. The van der Waals surface area contributed by atoms with Gasteiger partial charge in [0.2, 0.25) is 0 Å². The summed E-state index contributed by atoms with van der Waals surface area (Å²) in [6, 6.07) is 6.40. The van der Waals surface area contributed by atoms with E-state index in [2.05, 4.69) is 31.3 Å². The van der Waals surface area contributed by atoms with E-state index in [4.69, 9.17) is 9.47 Å². The van der Waals surface area contributed by atoms with Crippen molar-refractivity contribution in [3.63, 3.8) is 0 Å². The highest BCUT2D eigenvalue weighted by Gasteiger charge is 1.99. The fourth-order valence-electron chi connectivity index (χ4n) is 1.60. The monoisotopic (exact) mass is 249 g/mol. The van der Waals surface area contributed by atoms with Gasteiger partial charge in [-0.05, 0) is 30.7 Å². The molecule has 0 fully saturated rings. The lowest BCUT2D eigenvalue weighted by molar-refractivity contribution is 0.394. The molecule has 0 aliphatic heterocycles. The Kier molecular flexibility index (Phi) is 6.29. The summed E-state index contributed by atoms with van der Waals surface area (Å²) in [5.74, 6) is 1.63. The van der Waals surface area contributed by atoms with Gasteiger partial charge in [-0.3, -0.25) is 0 Å². The fraction of sp³-hybridized carbons (Fsp3) is 0.467. The fourth-order valence-corrected chi connectivity index (χ4v) is 1.60. The van der Waals surface area contributed by atoms with Gasteiger partial charge in [0, 0.05) is 12.1 Å². The van der Waals surface area contributed by atoms with Gasteiger partial charge in [0.25, 0.3) is 0 Å². The highest BCUT2D eigenvalue weighted by Crippen LogP contribution is 2.23. The molecule has 0 heterocycles. The lowest BCUT2D eigenvalue weighted by Crippen LogP contribution is -2.23. The number of hydrogen-bond donors (Lipinski definition) is 1. The van der Waals surface area contributed by atoms with Crippen LogP contribution >= 0.6 is 0 Å². The molecule has 0 aliphatic rings. The van der Waals surface area contributed by atoms with E-state index in [1.54, 1.807) is 14.2 Å². The lowest BCUT2D eigenvalue weighted by Gasteiger charge is -2.06. The van der Waals surface area contributed by atoms with E-state index in [-0.39, 0.29) is 0 Å². The molecule has 0 spiro atoms. The zero-order chi connectivity index (χ0) is 13.4. The molecule has 0 aliphatic carbocycles. The maximum atomic E-state index is 5.23. The summed E-state index contributed by atoms with van der Waals surface area (Å²) < 4.78 is 10.5. The summed E-state index contributed by atoms with van der Waals surface area (Å²) >= 11 is 0. The average Bonchev–Trinajstić information content (AvgIpc) is 2.37. The Morgan fingerprint density at radius 2 is 1.72 bits per heavy atom. The minimum Gasteiger partial charge on any atom is -0.497 e. The molecule has 3 heteroatoms. The van der Waals surface area contributed by atoms with Crippen LogP contribution in [0.1, 0.15) is 25.8 Å². The van der Waals surface area contributed by atoms with Crippen LogP contribution < -0.4 is 14.8 Å². The van der Waals surface area contributed by atoms with Gasteiger partial charge >= 0.3 is 0 Å². The number of benzene rings is 1. The minimum absolute atomic E-state index is 0.537. The summed E-state index contributed by atoms with van der Waals surface area (Å²) in [4.78, 5) is 0. The first-order chi connectivity index (χ1) is 8.65. The van der Waals surface area contributed by atoms with Crippen molar-refractivity contribution in [1.82, 2.24) is 5.32 Å². The quantitative estimate of drug-likeness (QED) is 0.753. The topological polar surface area (TPSA) is 30.5 Å². The van der Waals surface area contributed by atoms with E-state index >= 15 is 0 Å². The number of hydrogen-bond acceptors (Lipinski definition) is 3. The van der Waals surface area contributed by atoms with Crippen molar-refractivity contribution in [3.05, 3.63) is 29.8 Å². The third-order valence-corrected chi connectivity index (χ3v) is 2.55. The summed E-state index contributed by atoms with van der Waals surface area (Å²) in [6.07, 6.45) is 5.26. The Hall–Kier alpha value is -1.48. The van der Waals surface area contributed by atoms with Gasteiger partial charge in [0.1, 0.15) is 11.5 Å². The second-order valence-electron chi connectivity index (χ2n) is 4.45. The van der Waals surface area contributed by atoms with E-state index in [0.29, 0.717) is 6.04 Å². The van der Waals surface area contributed by atoms with E-state index in [1.807, 2.05) is 18.2 Å². The molecule has 100 valence electrons. The Morgan fingerprint density at radius 3 is 2.22 bits per heavy atom. The van der Waals surface area contributed by atoms with Crippen LogP contribution in [-0.4, -0.2) is 26.8 Å². The van der Waals surface area contributed by atoms with Crippen LogP contribution in [0.15, 0.2) is 24.3 Å². The van der Waals surface area contributed by atoms with Gasteiger partial charge in [-0.15, -0.1) is 0 Å². The second kappa shape index (κ2) is 7.77. The number of nitrogens with one attached hydrogen (secondary N) is 1. The van der Waals surface area contributed by atoms with Crippen molar-refractivity contribution in [2.24, 2.45) is 0 Å². The van der Waals surface area contributed by atoms with Gasteiger partial charge in [-0.2, -0.15) is 0 Å². The molecule has 0 unspecified atom stereocenters. The van der Waals surface area contributed by atoms with E-state index in [9.17, 15) is 0 Å². The van der Waals surface area contributed by atoms with Crippen LogP contribution in [0.5, 0.6) is 11.5 Å². The van der Waals surface area contributed by atoms with Crippen molar-refractivity contribution in [1.29, 1.82) is 0 Å². The standard InChI is InChI=1S/C15H23NO2/c1-12(2)16-8-6-5-7-13-9-14(17-3)11-15(10-13)18-4/h5,7,9-12,16H,6,8H2,1-4H3/b7-5+. The van der Waals surface area contributed by atoms with Gasteiger partial charge < -0.3 is 14.8 Å². The molecule has 1 rings (SSSR count). The Bertz CT molecular complexity index is 364. The van der Waals surface area contributed by atoms with Crippen molar-refractivity contribution < 1.29 is 9.47 Å². The van der Waals surface area contributed by atoms with Crippen LogP contribution in [0.2, 0.25) is 0 Å². The molecule has 0 amide bonds. The average molecular weight is 249 g/mol. The lowest BCUT2D eigenvalue weighted by atomic mass is 10.1. The van der Waals surface area contributed by atoms with Crippen LogP contribution in [0.4, 0.5) is 0 Å². The maximum absolute atomic E-state index is 5.23. The van der Waals surface area contributed by atoms with Gasteiger partial charge in [0.05, 0.1) is 14.2 Å². The second-order valence-corrected chi connectivity index (χ2v) is 4.45. The summed E-state index contributed by atoms with van der Waals surface area (Å²) in [7, 11) is 3.32. The van der Waals surface area contributed by atoms with Crippen molar-refractivity contribution in [2.75, 3.05) is 20.8 Å². The molecule has 0 radical (unpaired) electrons. The maximum Gasteiger partial charge on any atom is 0.123 e. The predicted molar refractivity (Wildman–Crippen MR) is 76.3 cm³/mol. The third-order valence-electron chi connectivity index (χ3n) is 2.55. The predicted octanol–water partition coefficient (Wildman–Crippen LogP) is 3.11. The summed E-state index contributed by atoms with van der Waals surface area (Å²) in [5.41, 5.74) is 1.09. The Labute approximate surface area is 110 Å². The first-order valence-corrected chi connectivity index (χ1v) is 6.28. The summed E-state index contributed by atoms with van der Waals surface area (Å²) in [6.45, 7) is 5.29. The number of rotatable bonds is 7. The third kappa shape index (κ3) is 5.23. The molecule has 18 heavy (non-hydrogen) atoms. The molecule has 0 atom stereocenters. The molecule has 1 aromatic rings. The molecule has 0 bridgehead atoms. The zero-order valence-corrected chi connectivity index (χ0v) is 11.7. The molecule has 0 aromatic heterocycles. The molecule has 1 aromatic carbocycles. The van der Waals surface area contributed by atoms with Crippen molar-refractivity contribution >= 4 is 6.08 Å². The highest BCUT2D eigenvalue weighted by atomic mass is 16.5. The van der Waals surface area contributed by atoms with E-state index < -0.39 is 0 Å². The van der Waals surface area contributed by atoms with Crippen LogP contribution in [0.25, 0.3) is 6.08 Å². The summed E-state index contributed by atoms with van der Waals surface area (Å²) in [5, 5.41) is 3.38. The Morgan fingerprint density at radius 1 is 1.11 bits per heavy atom. The van der Waals surface area contributed by atoms with Crippen LogP contribution in [0.3, 0.4) is 0 Å². The largest absolute Gasteiger partial charge is 0.497 e. The molecule has 3 nitrogen and oxygen atoms in total. The molecule has 0 saturated carbocycles. The van der Waals surface area contributed by atoms with E-state index in [0.717, 1.165) is 30.0 Å². The first-order valence-electron chi connectivity index (χ1n) is 6.28. The SMILES string of the molecule is COc1cc(/C=C/CCNC(C)C)cc(OC)c1. The van der Waals surface area contributed by atoms with Gasteiger partial charge in [0.15, 0.2) is 0 Å². The number of methoxy groups -OCH3 is 2. The number of ether oxygens (including phenoxy) is 2. The molecular formula is C15H23NO2. The van der Waals surface area contributed by atoms with E-state index in [1.165, 1.54) is 0 Å². The van der Waals surface area contributed by atoms with Crippen LogP contribution in [-0.2, 0) is 0 Å². The Balaban J connectivity index is 2.57. The van der Waals surface area contributed by atoms with Crippen molar-refractivity contribution in [2.45, 2.75) is 26.3 Å². The molecular weight excluding hydrogens is 226 g/mol. The molecule has 0 saturated heterocycles. The first kappa shape index (κ1) is 14.6. The van der Waals surface area contributed by atoms with Crippen molar-refractivity contribution in [3.8, 4) is 11.5 Å². The van der Waals surface area contributed by atoms with Gasteiger partial charge in [-0.25, -0.2) is 0 Å². The highest BCUT2D eigenvalue weighted by molar-refractivity contribution is 5.55. The molecule has 1 N–H and O–H groups in total. The van der Waals surface area contributed by atoms with Gasteiger partial charge in [-0.1, -0.05) is 26.0 Å². The van der Waals surface area contributed by atoms with Crippen LogP contribution in [0, 0.1) is 0 Å². The normalized spacial score (nSPS) is 11.2. The minimum atomic E-state index is 0.537.